The fourth-order valence-corrected chi connectivity index (χ4v) is 2.12. The van der Waals surface area contributed by atoms with E-state index >= 15 is 0 Å². The summed E-state index contributed by atoms with van der Waals surface area (Å²) in [7, 11) is 0. The summed E-state index contributed by atoms with van der Waals surface area (Å²) >= 11 is 0. The van der Waals surface area contributed by atoms with Gasteiger partial charge in [-0.15, -0.1) is 0 Å². The summed E-state index contributed by atoms with van der Waals surface area (Å²) in [6, 6.07) is 12.6. The SMILES string of the molecule is Cc1ccc(C(=O)Nc2ccccc2NC(=O)CCN)cc1C. The number of aryl methyl sites for hydroxylation is 2. The Morgan fingerprint density at radius 1 is 0.957 bits per heavy atom. The Balaban J connectivity index is 2.17. The van der Waals surface area contributed by atoms with E-state index in [4.69, 9.17) is 5.73 Å². The maximum Gasteiger partial charge on any atom is 0.255 e. The number of nitrogens with one attached hydrogen (secondary N) is 2. The number of amides is 2. The number of rotatable bonds is 5. The molecular formula is C18H21N3O2. The van der Waals surface area contributed by atoms with Crippen LogP contribution in [0, 0.1) is 13.8 Å². The Bertz CT molecular complexity index is 726. The van der Waals surface area contributed by atoms with Crippen LogP contribution < -0.4 is 16.4 Å². The van der Waals surface area contributed by atoms with Gasteiger partial charge in [-0.3, -0.25) is 9.59 Å². The third-order valence-corrected chi connectivity index (χ3v) is 3.59. The van der Waals surface area contributed by atoms with Crippen molar-refractivity contribution in [3.05, 3.63) is 59.2 Å². The summed E-state index contributed by atoms with van der Waals surface area (Å²) in [6.07, 6.45) is 0.236. The zero-order valence-corrected chi connectivity index (χ0v) is 13.3. The van der Waals surface area contributed by atoms with Gasteiger partial charge in [0.25, 0.3) is 5.91 Å². The van der Waals surface area contributed by atoms with Crippen LogP contribution in [0.3, 0.4) is 0 Å². The number of carbonyl (C=O) groups excluding carboxylic acids is 2. The van der Waals surface area contributed by atoms with Crippen molar-refractivity contribution in [3.63, 3.8) is 0 Å². The largest absolute Gasteiger partial charge is 0.330 e. The average Bonchev–Trinajstić information content (AvgIpc) is 2.52. The highest BCUT2D eigenvalue weighted by atomic mass is 16.2. The average molecular weight is 311 g/mol. The normalized spacial score (nSPS) is 10.2. The summed E-state index contributed by atoms with van der Waals surface area (Å²) in [4.78, 5) is 24.1. The van der Waals surface area contributed by atoms with Crippen molar-refractivity contribution < 1.29 is 9.59 Å². The molecule has 2 rings (SSSR count). The van der Waals surface area contributed by atoms with Gasteiger partial charge in [-0.05, 0) is 49.2 Å². The van der Waals surface area contributed by atoms with Crippen LogP contribution in [0.25, 0.3) is 0 Å². The molecule has 120 valence electrons. The van der Waals surface area contributed by atoms with Crippen molar-refractivity contribution >= 4 is 23.2 Å². The number of nitrogens with two attached hydrogens (primary N) is 1. The lowest BCUT2D eigenvalue weighted by Gasteiger charge is -2.12. The number of carbonyl (C=O) groups is 2. The predicted molar refractivity (Wildman–Crippen MR) is 92.6 cm³/mol. The minimum absolute atomic E-state index is 0.180. The van der Waals surface area contributed by atoms with Gasteiger partial charge in [-0.1, -0.05) is 18.2 Å². The summed E-state index contributed by atoms with van der Waals surface area (Å²) in [5.74, 6) is -0.394. The van der Waals surface area contributed by atoms with Crippen LogP contribution in [0.15, 0.2) is 42.5 Å². The van der Waals surface area contributed by atoms with Crippen molar-refractivity contribution in [1.29, 1.82) is 0 Å². The number of hydrogen-bond donors (Lipinski definition) is 3. The van der Waals surface area contributed by atoms with Crippen LogP contribution >= 0.6 is 0 Å². The van der Waals surface area contributed by atoms with E-state index in [9.17, 15) is 9.59 Å². The first-order valence-electron chi connectivity index (χ1n) is 7.49. The molecule has 2 aromatic rings. The van der Waals surface area contributed by atoms with Crippen molar-refractivity contribution in [2.75, 3.05) is 17.2 Å². The highest BCUT2D eigenvalue weighted by molar-refractivity contribution is 6.07. The van der Waals surface area contributed by atoms with Crippen molar-refractivity contribution in [3.8, 4) is 0 Å². The third kappa shape index (κ3) is 4.40. The van der Waals surface area contributed by atoms with Gasteiger partial charge in [0.1, 0.15) is 0 Å². The lowest BCUT2D eigenvalue weighted by molar-refractivity contribution is -0.116. The second-order valence-corrected chi connectivity index (χ2v) is 5.39. The number of hydrogen-bond acceptors (Lipinski definition) is 3. The molecule has 0 fully saturated rings. The summed E-state index contributed by atoms with van der Waals surface area (Å²) < 4.78 is 0. The van der Waals surface area contributed by atoms with Crippen LogP contribution in [0.5, 0.6) is 0 Å². The van der Waals surface area contributed by atoms with E-state index in [-0.39, 0.29) is 24.8 Å². The second-order valence-electron chi connectivity index (χ2n) is 5.39. The fraction of sp³-hybridized carbons (Fsp3) is 0.222. The third-order valence-electron chi connectivity index (χ3n) is 3.59. The molecule has 0 saturated carbocycles. The molecule has 0 aliphatic carbocycles. The maximum absolute atomic E-state index is 12.4. The highest BCUT2D eigenvalue weighted by Gasteiger charge is 2.11. The van der Waals surface area contributed by atoms with Crippen molar-refractivity contribution in [2.24, 2.45) is 5.73 Å². The molecule has 4 N–H and O–H groups in total. The zero-order chi connectivity index (χ0) is 16.8. The minimum Gasteiger partial charge on any atom is -0.330 e. The van der Waals surface area contributed by atoms with Crippen LogP contribution in [0.4, 0.5) is 11.4 Å². The summed E-state index contributed by atoms with van der Waals surface area (Å²) in [5, 5.41) is 5.59. The van der Waals surface area contributed by atoms with Crippen LogP contribution in [0.2, 0.25) is 0 Å². The molecule has 0 atom stereocenters. The standard InChI is InChI=1S/C18H21N3O2/c1-12-7-8-14(11-13(12)2)18(23)21-16-6-4-3-5-15(16)20-17(22)9-10-19/h3-8,11H,9-10,19H2,1-2H3,(H,20,22)(H,21,23). The molecule has 2 aromatic carbocycles. The first-order chi connectivity index (χ1) is 11.0. The molecule has 0 unspecified atom stereocenters. The molecule has 23 heavy (non-hydrogen) atoms. The number of anilines is 2. The molecule has 0 aliphatic rings. The quantitative estimate of drug-likeness (QED) is 0.794. The minimum atomic E-state index is -0.214. The molecular weight excluding hydrogens is 290 g/mol. The molecule has 0 radical (unpaired) electrons. The molecule has 0 aromatic heterocycles. The van der Waals surface area contributed by atoms with E-state index in [0.717, 1.165) is 11.1 Å². The van der Waals surface area contributed by atoms with E-state index in [2.05, 4.69) is 10.6 Å². The van der Waals surface area contributed by atoms with Gasteiger partial charge < -0.3 is 16.4 Å². The Labute approximate surface area is 135 Å². The maximum atomic E-state index is 12.4. The topological polar surface area (TPSA) is 84.2 Å². The smallest absolute Gasteiger partial charge is 0.255 e. The Kier molecular flexibility index (Phi) is 5.49. The summed E-state index contributed by atoms with van der Waals surface area (Å²) in [6.45, 7) is 4.25. The Morgan fingerprint density at radius 2 is 1.61 bits per heavy atom. The molecule has 0 aliphatic heterocycles. The van der Waals surface area contributed by atoms with Crippen molar-refractivity contribution in [2.45, 2.75) is 20.3 Å². The zero-order valence-electron chi connectivity index (χ0n) is 13.3. The van der Waals surface area contributed by atoms with Gasteiger partial charge in [-0.2, -0.15) is 0 Å². The van der Waals surface area contributed by atoms with Gasteiger partial charge in [-0.25, -0.2) is 0 Å². The van der Waals surface area contributed by atoms with E-state index in [1.807, 2.05) is 26.0 Å². The van der Waals surface area contributed by atoms with Gasteiger partial charge in [0, 0.05) is 18.5 Å². The molecule has 5 nitrogen and oxygen atoms in total. The fourth-order valence-electron chi connectivity index (χ4n) is 2.12. The summed E-state index contributed by atoms with van der Waals surface area (Å²) in [5.41, 5.74) is 9.26. The van der Waals surface area contributed by atoms with Gasteiger partial charge in [0.05, 0.1) is 11.4 Å². The van der Waals surface area contributed by atoms with Gasteiger partial charge in [0.15, 0.2) is 0 Å². The van der Waals surface area contributed by atoms with Gasteiger partial charge in [0.2, 0.25) is 5.91 Å². The molecule has 5 heteroatoms. The van der Waals surface area contributed by atoms with Crippen molar-refractivity contribution in [1.82, 2.24) is 0 Å². The number of benzene rings is 2. The Morgan fingerprint density at radius 3 is 2.22 bits per heavy atom. The van der Waals surface area contributed by atoms with Gasteiger partial charge >= 0.3 is 0 Å². The number of para-hydroxylation sites is 2. The molecule has 0 saturated heterocycles. The monoisotopic (exact) mass is 311 g/mol. The van der Waals surface area contributed by atoms with E-state index in [1.54, 1.807) is 30.3 Å². The lowest BCUT2D eigenvalue weighted by Crippen LogP contribution is -2.18. The van der Waals surface area contributed by atoms with E-state index in [1.165, 1.54) is 0 Å². The molecule has 2 amide bonds. The predicted octanol–water partition coefficient (Wildman–Crippen LogP) is 2.84. The van der Waals surface area contributed by atoms with Crippen LogP contribution in [0.1, 0.15) is 27.9 Å². The first kappa shape index (κ1) is 16.7. The molecule has 0 heterocycles. The second kappa shape index (κ2) is 7.56. The van der Waals surface area contributed by atoms with E-state index in [0.29, 0.717) is 16.9 Å². The molecule has 0 bridgehead atoms. The Hall–Kier alpha value is -2.66. The molecule has 0 spiro atoms. The highest BCUT2D eigenvalue weighted by Crippen LogP contribution is 2.22. The van der Waals surface area contributed by atoms with E-state index < -0.39 is 0 Å². The van der Waals surface area contributed by atoms with Crippen LogP contribution in [-0.2, 0) is 4.79 Å². The first-order valence-corrected chi connectivity index (χ1v) is 7.49. The lowest BCUT2D eigenvalue weighted by atomic mass is 10.1. The van der Waals surface area contributed by atoms with Crippen LogP contribution in [-0.4, -0.2) is 18.4 Å².